The lowest BCUT2D eigenvalue weighted by molar-refractivity contribution is -0.119. The van der Waals surface area contributed by atoms with Crippen molar-refractivity contribution in [1.29, 1.82) is 0 Å². The van der Waals surface area contributed by atoms with Gasteiger partial charge >= 0.3 is 6.09 Å². The van der Waals surface area contributed by atoms with E-state index in [1.54, 1.807) is 15.8 Å². The first-order valence-electron chi connectivity index (χ1n) is 10.6. The summed E-state index contributed by atoms with van der Waals surface area (Å²) in [5.41, 5.74) is 0.186. The van der Waals surface area contributed by atoms with E-state index >= 15 is 0 Å². The summed E-state index contributed by atoms with van der Waals surface area (Å²) in [5.74, 6) is -1.99. The molecular weight excluding hydrogens is 438 g/mol. The molecule has 12 heteroatoms. The molecule has 3 heterocycles. The van der Waals surface area contributed by atoms with Crippen molar-refractivity contribution < 1.29 is 27.9 Å². The van der Waals surface area contributed by atoms with E-state index in [1.807, 2.05) is 0 Å². The molecular formula is C21H24F2N6O4. The van der Waals surface area contributed by atoms with Crippen LogP contribution in [0.2, 0.25) is 0 Å². The van der Waals surface area contributed by atoms with E-state index in [0.717, 1.165) is 17.0 Å². The molecule has 2 saturated heterocycles. The molecule has 2 aromatic rings. The SMILES string of the molecule is CC(=O)NCC1CN(c2cc(F)c(N3CCC(n4cc(C(C)=O)nn4)CC3)c(F)c2)C(=O)O1. The number of nitrogens with zero attached hydrogens (tertiary/aromatic N) is 5. The van der Waals surface area contributed by atoms with Gasteiger partial charge in [0.1, 0.15) is 17.5 Å². The average molecular weight is 462 g/mol. The van der Waals surface area contributed by atoms with Crippen molar-refractivity contribution in [2.75, 3.05) is 36.0 Å². The number of benzene rings is 1. The highest BCUT2D eigenvalue weighted by Gasteiger charge is 2.34. The van der Waals surface area contributed by atoms with Gasteiger partial charge in [0, 0.05) is 39.1 Å². The standard InChI is InChI=1S/C21H24F2N6O4/c1-12(30)19-11-29(26-25-19)14-3-5-27(6-4-14)20-17(22)7-15(8-18(20)23)28-10-16(33-21(28)32)9-24-13(2)31/h7-8,11,14,16H,3-6,9-10H2,1-2H3,(H,24,31). The van der Waals surface area contributed by atoms with Crippen LogP contribution in [0.5, 0.6) is 0 Å². The molecule has 2 amide bonds. The number of hydrogen-bond acceptors (Lipinski definition) is 7. The molecule has 1 unspecified atom stereocenters. The molecule has 4 rings (SSSR count). The van der Waals surface area contributed by atoms with E-state index in [0.29, 0.717) is 25.9 Å². The molecule has 0 radical (unpaired) electrons. The second-order valence-corrected chi connectivity index (χ2v) is 8.17. The predicted molar refractivity (Wildman–Crippen MR) is 113 cm³/mol. The first-order valence-corrected chi connectivity index (χ1v) is 10.6. The van der Waals surface area contributed by atoms with E-state index in [-0.39, 0.29) is 47.9 Å². The summed E-state index contributed by atoms with van der Waals surface area (Å²) in [6, 6.07) is 2.21. The van der Waals surface area contributed by atoms with Crippen LogP contribution in [-0.4, -0.2) is 65.1 Å². The highest BCUT2D eigenvalue weighted by Crippen LogP contribution is 2.34. The van der Waals surface area contributed by atoms with Gasteiger partial charge in [-0.05, 0) is 12.8 Å². The maximum Gasteiger partial charge on any atom is 0.414 e. The van der Waals surface area contributed by atoms with Gasteiger partial charge < -0.3 is 15.0 Å². The minimum absolute atomic E-state index is 0.0211. The Hall–Kier alpha value is -3.57. The molecule has 10 nitrogen and oxygen atoms in total. The number of ether oxygens (including phenoxy) is 1. The fraction of sp³-hybridized carbons (Fsp3) is 0.476. The van der Waals surface area contributed by atoms with Crippen LogP contribution in [0.1, 0.15) is 43.2 Å². The third kappa shape index (κ3) is 4.78. The molecule has 0 saturated carbocycles. The second-order valence-electron chi connectivity index (χ2n) is 8.17. The molecule has 1 aromatic heterocycles. The number of carbonyl (C=O) groups is 3. The van der Waals surface area contributed by atoms with Gasteiger partial charge in [-0.15, -0.1) is 5.10 Å². The zero-order valence-electron chi connectivity index (χ0n) is 18.3. The number of cyclic esters (lactones) is 1. The van der Waals surface area contributed by atoms with Gasteiger partial charge in [-0.1, -0.05) is 5.21 Å². The maximum atomic E-state index is 15.0. The van der Waals surface area contributed by atoms with Crippen LogP contribution in [0, 0.1) is 11.6 Å². The van der Waals surface area contributed by atoms with Crippen LogP contribution in [0.15, 0.2) is 18.3 Å². The van der Waals surface area contributed by atoms with Gasteiger partial charge in [0.05, 0.1) is 31.0 Å². The monoisotopic (exact) mass is 462 g/mol. The van der Waals surface area contributed by atoms with Crippen LogP contribution in [0.3, 0.4) is 0 Å². The second kappa shape index (κ2) is 9.12. The minimum Gasteiger partial charge on any atom is -0.442 e. The van der Waals surface area contributed by atoms with E-state index < -0.39 is 23.8 Å². The Labute approximate surface area is 188 Å². The normalized spacial score (nSPS) is 19.0. The molecule has 176 valence electrons. The van der Waals surface area contributed by atoms with Crippen molar-refractivity contribution in [1.82, 2.24) is 20.3 Å². The highest BCUT2D eigenvalue weighted by atomic mass is 19.1. The Kier molecular flexibility index (Phi) is 6.25. The van der Waals surface area contributed by atoms with Gasteiger partial charge in [-0.3, -0.25) is 14.5 Å². The number of halogens is 2. The Morgan fingerprint density at radius 3 is 2.42 bits per heavy atom. The number of anilines is 2. The maximum absolute atomic E-state index is 15.0. The minimum atomic E-state index is -0.777. The molecule has 0 bridgehead atoms. The summed E-state index contributed by atoms with van der Waals surface area (Å²) in [4.78, 5) is 37.4. The van der Waals surface area contributed by atoms with Crippen molar-refractivity contribution in [3.63, 3.8) is 0 Å². The summed E-state index contributed by atoms with van der Waals surface area (Å²) in [6.07, 6.45) is 1.41. The van der Waals surface area contributed by atoms with Gasteiger partial charge in [-0.2, -0.15) is 0 Å². The van der Waals surface area contributed by atoms with Crippen LogP contribution < -0.4 is 15.1 Å². The van der Waals surface area contributed by atoms with Crippen molar-refractivity contribution in [2.45, 2.75) is 38.8 Å². The molecule has 1 aromatic carbocycles. The number of rotatable bonds is 6. The third-order valence-corrected chi connectivity index (χ3v) is 5.79. The van der Waals surface area contributed by atoms with Crippen LogP contribution >= 0.6 is 0 Å². The topological polar surface area (TPSA) is 110 Å². The van der Waals surface area contributed by atoms with E-state index in [1.165, 1.54) is 13.8 Å². The predicted octanol–water partition coefficient (Wildman–Crippen LogP) is 2.06. The molecule has 0 spiro atoms. The molecule has 0 aliphatic carbocycles. The molecule has 2 aliphatic heterocycles. The van der Waals surface area contributed by atoms with E-state index in [9.17, 15) is 23.2 Å². The van der Waals surface area contributed by atoms with Crippen molar-refractivity contribution in [2.24, 2.45) is 0 Å². The van der Waals surface area contributed by atoms with Crippen molar-refractivity contribution in [3.8, 4) is 0 Å². The third-order valence-electron chi connectivity index (χ3n) is 5.79. The Morgan fingerprint density at radius 1 is 1.18 bits per heavy atom. The summed E-state index contributed by atoms with van der Waals surface area (Å²) >= 11 is 0. The van der Waals surface area contributed by atoms with Crippen molar-refractivity contribution in [3.05, 3.63) is 35.7 Å². The van der Waals surface area contributed by atoms with Crippen LogP contribution in [-0.2, 0) is 9.53 Å². The summed E-state index contributed by atoms with van der Waals surface area (Å²) in [7, 11) is 0. The fourth-order valence-corrected chi connectivity index (χ4v) is 4.08. The number of amides is 2. The lowest BCUT2D eigenvalue weighted by Gasteiger charge is -2.34. The number of ketones is 1. The Bertz CT molecular complexity index is 1060. The number of hydrogen-bond donors (Lipinski definition) is 1. The van der Waals surface area contributed by atoms with E-state index in [2.05, 4.69) is 15.6 Å². The molecule has 33 heavy (non-hydrogen) atoms. The summed E-state index contributed by atoms with van der Waals surface area (Å²) in [6.45, 7) is 3.72. The number of aromatic nitrogens is 3. The first-order chi connectivity index (χ1) is 15.7. The molecule has 1 N–H and O–H groups in total. The number of carbonyl (C=O) groups excluding carboxylic acids is 3. The first kappa shape index (κ1) is 22.6. The Balaban J connectivity index is 1.43. The molecule has 2 fully saturated rings. The molecule has 1 atom stereocenters. The van der Waals surface area contributed by atoms with Crippen molar-refractivity contribution >= 4 is 29.2 Å². The Morgan fingerprint density at radius 2 is 1.85 bits per heavy atom. The quantitative estimate of drug-likeness (QED) is 0.655. The smallest absolute Gasteiger partial charge is 0.414 e. The largest absolute Gasteiger partial charge is 0.442 e. The number of Topliss-reactive ketones (excluding diaryl/α,β-unsaturated/α-hetero) is 1. The number of nitrogens with one attached hydrogen (secondary N) is 1. The highest BCUT2D eigenvalue weighted by molar-refractivity contribution is 5.91. The zero-order chi connectivity index (χ0) is 23.7. The summed E-state index contributed by atoms with van der Waals surface area (Å²) in [5, 5.41) is 10.4. The lowest BCUT2D eigenvalue weighted by atomic mass is 10.0. The summed E-state index contributed by atoms with van der Waals surface area (Å²) < 4.78 is 36.7. The molecule has 2 aliphatic rings. The van der Waals surface area contributed by atoms with Crippen LogP contribution in [0.25, 0.3) is 0 Å². The van der Waals surface area contributed by atoms with Crippen LogP contribution in [0.4, 0.5) is 25.0 Å². The number of piperidine rings is 1. The van der Waals surface area contributed by atoms with Gasteiger partial charge in [0.2, 0.25) is 5.91 Å². The van der Waals surface area contributed by atoms with Gasteiger partial charge in [0.25, 0.3) is 0 Å². The lowest BCUT2D eigenvalue weighted by Crippen LogP contribution is -2.36. The van der Waals surface area contributed by atoms with Gasteiger partial charge in [-0.25, -0.2) is 18.3 Å². The zero-order valence-corrected chi connectivity index (χ0v) is 18.3. The fourth-order valence-electron chi connectivity index (χ4n) is 4.08. The van der Waals surface area contributed by atoms with E-state index in [4.69, 9.17) is 4.74 Å². The van der Waals surface area contributed by atoms with Gasteiger partial charge in [0.15, 0.2) is 17.4 Å². The average Bonchev–Trinajstić information content (AvgIpc) is 3.39.